The Morgan fingerprint density at radius 3 is 2.46 bits per heavy atom. The summed E-state index contributed by atoms with van der Waals surface area (Å²) in [6.07, 6.45) is 1.30. The number of nitrogens with one attached hydrogen (secondary N) is 2. The highest BCUT2D eigenvalue weighted by Crippen LogP contribution is 2.32. The summed E-state index contributed by atoms with van der Waals surface area (Å²) in [7, 11) is 3.07. The van der Waals surface area contributed by atoms with E-state index in [1.165, 1.54) is 18.8 Å². The predicted molar refractivity (Wildman–Crippen MR) is 108 cm³/mol. The van der Waals surface area contributed by atoms with E-state index < -0.39 is 6.04 Å². The first-order valence-corrected chi connectivity index (χ1v) is 9.26. The van der Waals surface area contributed by atoms with Crippen LogP contribution in [0.3, 0.4) is 0 Å². The minimum atomic E-state index is -0.618. The fourth-order valence-corrected chi connectivity index (χ4v) is 3.32. The van der Waals surface area contributed by atoms with E-state index >= 15 is 0 Å². The maximum Gasteiger partial charge on any atom is 0.327 e. The fourth-order valence-electron chi connectivity index (χ4n) is 3.32. The molecule has 0 aliphatic carbocycles. The van der Waals surface area contributed by atoms with Crippen molar-refractivity contribution in [3.63, 3.8) is 0 Å². The molecule has 0 spiro atoms. The van der Waals surface area contributed by atoms with Gasteiger partial charge in [0.05, 0.1) is 25.3 Å². The van der Waals surface area contributed by atoms with Crippen LogP contribution in [0.25, 0.3) is 11.0 Å². The molecule has 1 unspecified atom stereocenters. The number of hydrogen-bond acceptors (Lipinski definition) is 4. The Kier molecular flexibility index (Phi) is 6.03. The van der Waals surface area contributed by atoms with Crippen LogP contribution in [-0.4, -0.2) is 29.7 Å². The van der Waals surface area contributed by atoms with Gasteiger partial charge in [-0.3, -0.25) is 9.36 Å². The highest BCUT2D eigenvalue weighted by molar-refractivity contribution is 5.85. The molecule has 3 aromatic rings. The highest BCUT2D eigenvalue weighted by Gasteiger charge is 2.24. The summed E-state index contributed by atoms with van der Waals surface area (Å²) in [6, 6.07) is 12.5. The van der Waals surface area contributed by atoms with Crippen LogP contribution < -0.4 is 20.5 Å². The van der Waals surface area contributed by atoms with Gasteiger partial charge in [-0.15, -0.1) is 0 Å². The average Bonchev–Trinajstić information content (AvgIpc) is 3.04. The molecular formula is C21H25N3O4. The summed E-state index contributed by atoms with van der Waals surface area (Å²) in [4.78, 5) is 28.4. The van der Waals surface area contributed by atoms with Crippen molar-refractivity contribution in [2.45, 2.75) is 32.4 Å². The van der Waals surface area contributed by atoms with Crippen LogP contribution in [-0.2, 0) is 11.3 Å². The molecule has 0 fully saturated rings. The molecule has 0 aliphatic heterocycles. The Morgan fingerprint density at radius 2 is 1.82 bits per heavy atom. The third-order valence-corrected chi connectivity index (χ3v) is 4.71. The van der Waals surface area contributed by atoms with Crippen molar-refractivity contribution in [3.8, 4) is 11.5 Å². The molecule has 1 aromatic heterocycles. The Balaban J connectivity index is 1.96. The molecule has 0 radical (unpaired) electrons. The summed E-state index contributed by atoms with van der Waals surface area (Å²) < 4.78 is 12.2. The topological polar surface area (TPSA) is 85.4 Å². The molecule has 2 N–H and O–H groups in total. The number of nitrogens with zero attached hydrogens (tertiary/aromatic N) is 1. The Hall–Kier alpha value is -3.22. The van der Waals surface area contributed by atoms with Crippen molar-refractivity contribution >= 4 is 16.9 Å². The molecule has 2 aromatic carbocycles. The quantitative estimate of drug-likeness (QED) is 0.626. The number of aromatic nitrogens is 2. The molecule has 148 valence electrons. The van der Waals surface area contributed by atoms with Crippen molar-refractivity contribution in [3.05, 3.63) is 58.5 Å². The van der Waals surface area contributed by atoms with Crippen LogP contribution in [0.2, 0.25) is 0 Å². The van der Waals surface area contributed by atoms with Gasteiger partial charge in [0.25, 0.3) is 0 Å². The average molecular weight is 383 g/mol. The maximum atomic E-state index is 12.9. The van der Waals surface area contributed by atoms with Gasteiger partial charge in [-0.2, -0.15) is 0 Å². The Labute approximate surface area is 163 Å². The molecule has 3 rings (SSSR count). The molecule has 0 saturated heterocycles. The molecule has 7 nitrogen and oxygen atoms in total. The van der Waals surface area contributed by atoms with Crippen molar-refractivity contribution in [2.75, 3.05) is 14.2 Å². The van der Waals surface area contributed by atoms with E-state index in [4.69, 9.17) is 9.47 Å². The number of methoxy groups -OCH3 is 2. The van der Waals surface area contributed by atoms with Crippen molar-refractivity contribution in [1.29, 1.82) is 0 Å². The van der Waals surface area contributed by atoms with Gasteiger partial charge in [0.15, 0.2) is 11.5 Å². The molecule has 1 atom stereocenters. The van der Waals surface area contributed by atoms with E-state index in [9.17, 15) is 9.59 Å². The smallest absolute Gasteiger partial charge is 0.327 e. The minimum Gasteiger partial charge on any atom is -0.493 e. The lowest BCUT2D eigenvalue weighted by molar-refractivity contribution is -0.124. The standard InChI is InChI=1S/C21H25N3O4/c1-4-8-16(20(25)22-13-14-9-6-5-7-10-14)24-17-12-19(28-3)18(27-2)11-15(17)23-21(24)26/h5-7,9-12,16H,4,8,13H2,1-3H3,(H,22,25)(H,23,26). The highest BCUT2D eigenvalue weighted by atomic mass is 16.5. The number of imidazole rings is 1. The zero-order chi connectivity index (χ0) is 20.1. The number of amides is 1. The molecule has 1 amide bonds. The summed E-state index contributed by atoms with van der Waals surface area (Å²) in [5.74, 6) is 0.829. The van der Waals surface area contributed by atoms with Gasteiger partial charge in [0, 0.05) is 18.7 Å². The number of H-pyrrole nitrogens is 1. The first-order valence-electron chi connectivity index (χ1n) is 9.26. The number of rotatable bonds is 8. The van der Waals surface area contributed by atoms with Crippen LogP contribution in [0.5, 0.6) is 11.5 Å². The molecule has 0 aliphatic rings. The molecule has 28 heavy (non-hydrogen) atoms. The number of aromatic amines is 1. The third kappa shape index (κ3) is 3.88. The monoisotopic (exact) mass is 383 g/mol. The van der Waals surface area contributed by atoms with Gasteiger partial charge in [-0.25, -0.2) is 4.79 Å². The largest absolute Gasteiger partial charge is 0.493 e. The van der Waals surface area contributed by atoms with Gasteiger partial charge in [-0.05, 0) is 12.0 Å². The van der Waals surface area contributed by atoms with Crippen molar-refractivity contribution < 1.29 is 14.3 Å². The van der Waals surface area contributed by atoms with Gasteiger partial charge in [0.2, 0.25) is 5.91 Å². The Bertz CT molecular complexity index is 1010. The van der Waals surface area contributed by atoms with Gasteiger partial charge < -0.3 is 19.8 Å². The lowest BCUT2D eigenvalue weighted by Gasteiger charge is -2.18. The summed E-state index contributed by atoms with van der Waals surface area (Å²) in [5, 5.41) is 2.95. The fraction of sp³-hybridized carbons (Fsp3) is 0.333. The van der Waals surface area contributed by atoms with E-state index in [1.807, 2.05) is 37.3 Å². The van der Waals surface area contributed by atoms with Gasteiger partial charge >= 0.3 is 5.69 Å². The van der Waals surface area contributed by atoms with E-state index in [1.54, 1.807) is 12.1 Å². The Morgan fingerprint density at radius 1 is 1.14 bits per heavy atom. The number of carbonyl (C=O) groups is 1. The number of carbonyl (C=O) groups excluding carboxylic acids is 1. The number of hydrogen-bond donors (Lipinski definition) is 2. The maximum absolute atomic E-state index is 12.9. The van der Waals surface area contributed by atoms with Crippen LogP contribution in [0, 0.1) is 0 Å². The summed E-state index contributed by atoms with van der Waals surface area (Å²) in [5.41, 5.74) is 1.87. The van der Waals surface area contributed by atoms with E-state index in [0.29, 0.717) is 35.5 Å². The lowest BCUT2D eigenvalue weighted by atomic mass is 10.1. The molecule has 0 bridgehead atoms. The second-order valence-electron chi connectivity index (χ2n) is 6.53. The molecule has 7 heteroatoms. The van der Waals surface area contributed by atoms with Gasteiger partial charge in [0.1, 0.15) is 6.04 Å². The number of benzene rings is 2. The lowest BCUT2D eigenvalue weighted by Crippen LogP contribution is -2.36. The minimum absolute atomic E-state index is 0.191. The van der Waals surface area contributed by atoms with E-state index in [-0.39, 0.29) is 11.6 Å². The third-order valence-electron chi connectivity index (χ3n) is 4.71. The van der Waals surface area contributed by atoms with Crippen LogP contribution in [0.1, 0.15) is 31.4 Å². The SMILES string of the molecule is CCCC(C(=O)NCc1ccccc1)n1c(=O)[nH]c2cc(OC)c(OC)cc21. The molecule has 1 heterocycles. The van der Waals surface area contributed by atoms with Crippen molar-refractivity contribution in [1.82, 2.24) is 14.9 Å². The second-order valence-corrected chi connectivity index (χ2v) is 6.53. The first-order chi connectivity index (χ1) is 13.6. The van der Waals surface area contributed by atoms with E-state index in [2.05, 4.69) is 10.3 Å². The van der Waals surface area contributed by atoms with E-state index in [0.717, 1.165) is 12.0 Å². The van der Waals surface area contributed by atoms with Crippen LogP contribution in [0.4, 0.5) is 0 Å². The molecule has 0 saturated carbocycles. The van der Waals surface area contributed by atoms with Crippen LogP contribution >= 0.6 is 0 Å². The van der Waals surface area contributed by atoms with Crippen molar-refractivity contribution in [2.24, 2.45) is 0 Å². The van der Waals surface area contributed by atoms with Gasteiger partial charge in [-0.1, -0.05) is 43.7 Å². The zero-order valence-corrected chi connectivity index (χ0v) is 16.3. The molecular weight excluding hydrogens is 358 g/mol. The predicted octanol–water partition coefficient (Wildman–Crippen LogP) is 3.00. The summed E-state index contributed by atoms with van der Waals surface area (Å²) >= 11 is 0. The summed E-state index contributed by atoms with van der Waals surface area (Å²) in [6.45, 7) is 2.40. The second kappa shape index (κ2) is 8.65. The number of ether oxygens (including phenoxy) is 2. The zero-order valence-electron chi connectivity index (χ0n) is 16.3. The normalized spacial score (nSPS) is 12.0. The first kappa shape index (κ1) is 19.5. The number of fused-ring (bicyclic) bond motifs is 1. The van der Waals surface area contributed by atoms with Crippen LogP contribution in [0.15, 0.2) is 47.3 Å².